The van der Waals surface area contributed by atoms with Crippen LogP contribution in [0, 0.1) is 0 Å². The molecule has 106 valence electrons. The molecule has 0 spiro atoms. The third kappa shape index (κ3) is 3.55. The highest BCUT2D eigenvalue weighted by Gasteiger charge is 2.29. The Bertz CT molecular complexity index is 566. The van der Waals surface area contributed by atoms with Gasteiger partial charge >= 0.3 is 0 Å². The number of hydrogen-bond acceptors (Lipinski definition) is 5. The predicted octanol–water partition coefficient (Wildman–Crippen LogP) is 1.61. The van der Waals surface area contributed by atoms with E-state index in [-0.39, 0.29) is 15.3 Å². The Labute approximate surface area is 118 Å². The molecule has 5 N–H and O–H groups in total. The van der Waals surface area contributed by atoms with Gasteiger partial charge < -0.3 is 11.1 Å². The molecule has 1 aromatic rings. The molecule has 7 heteroatoms. The van der Waals surface area contributed by atoms with Gasteiger partial charge in [-0.2, -0.15) is 11.8 Å². The molecule has 1 fully saturated rings. The van der Waals surface area contributed by atoms with Crippen LogP contribution in [0.15, 0.2) is 23.1 Å². The first kappa shape index (κ1) is 14.5. The van der Waals surface area contributed by atoms with Gasteiger partial charge in [-0.15, -0.1) is 0 Å². The van der Waals surface area contributed by atoms with E-state index in [1.807, 2.05) is 11.8 Å². The van der Waals surface area contributed by atoms with Crippen molar-refractivity contribution in [1.82, 2.24) is 0 Å². The van der Waals surface area contributed by atoms with Crippen molar-refractivity contribution in [3.05, 3.63) is 18.2 Å². The molecule has 0 radical (unpaired) electrons. The van der Waals surface area contributed by atoms with Crippen molar-refractivity contribution in [2.75, 3.05) is 23.3 Å². The van der Waals surface area contributed by atoms with E-state index in [4.69, 9.17) is 10.9 Å². The van der Waals surface area contributed by atoms with Crippen LogP contribution in [0.25, 0.3) is 0 Å². The van der Waals surface area contributed by atoms with Crippen LogP contribution >= 0.6 is 11.8 Å². The fourth-order valence-corrected chi connectivity index (χ4v) is 4.07. The Morgan fingerprint density at radius 2 is 2.21 bits per heavy atom. The minimum atomic E-state index is -3.75. The van der Waals surface area contributed by atoms with Gasteiger partial charge in [0.05, 0.1) is 5.69 Å². The van der Waals surface area contributed by atoms with Crippen LogP contribution in [0.5, 0.6) is 0 Å². The van der Waals surface area contributed by atoms with Crippen LogP contribution in [0.3, 0.4) is 0 Å². The monoisotopic (exact) mass is 301 g/mol. The minimum Gasteiger partial charge on any atom is -0.398 e. The van der Waals surface area contributed by atoms with Crippen LogP contribution in [0.4, 0.5) is 11.4 Å². The third-order valence-corrected chi connectivity index (χ3v) is 5.81. The molecule has 0 bridgehead atoms. The molecule has 0 aliphatic carbocycles. The first-order valence-corrected chi connectivity index (χ1v) is 8.64. The Kier molecular flexibility index (Phi) is 3.98. The van der Waals surface area contributed by atoms with Gasteiger partial charge in [0.1, 0.15) is 4.90 Å². The van der Waals surface area contributed by atoms with Crippen molar-refractivity contribution in [3.8, 4) is 0 Å². The number of nitrogens with one attached hydrogen (secondary N) is 1. The zero-order chi connectivity index (χ0) is 14.1. The second kappa shape index (κ2) is 5.22. The van der Waals surface area contributed by atoms with Crippen molar-refractivity contribution in [2.24, 2.45) is 5.14 Å². The molecule has 1 unspecified atom stereocenters. The van der Waals surface area contributed by atoms with Crippen LogP contribution in [-0.2, 0) is 10.0 Å². The number of rotatable bonds is 4. The van der Waals surface area contributed by atoms with Crippen molar-refractivity contribution in [1.29, 1.82) is 0 Å². The van der Waals surface area contributed by atoms with Crippen molar-refractivity contribution < 1.29 is 8.42 Å². The summed E-state index contributed by atoms with van der Waals surface area (Å²) in [5.74, 6) is 1.20. The predicted molar refractivity (Wildman–Crippen MR) is 80.8 cm³/mol. The standard InChI is InChI=1S/C12H19N3O2S2/c1-12(5-2-6-18-12)8-15-9-3-4-11(10(13)7-9)19(14,16)17/h3-4,7,15H,2,5-6,8,13H2,1H3,(H2,14,16,17). The fourth-order valence-electron chi connectivity index (χ4n) is 2.18. The van der Waals surface area contributed by atoms with E-state index >= 15 is 0 Å². The molecule has 5 nitrogen and oxygen atoms in total. The van der Waals surface area contributed by atoms with E-state index in [0.29, 0.717) is 0 Å². The summed E-state index contributed by atoms with van der Waals surface area (Å²) in [4.78, 5) is -0.0282. The molecular weight excluding hydrogens is 282 g/mol. The SMILES string of the molecule is CC1(CNc2ccc(S(N)(=O)=O)c(N)c2)CCCS1. The maximum Gasteiger partial charge on any atom is 0.240 e. The zero-order valence-corrected chi connectivity index (χ0v) is 12.5. The Balaban J connectivity index is 2.08. The van der Waals surface area contributed by atoms with E-state index < -0.39 is 10.0 Å². The lowest BCUT2D eigenvalue weighted by molar-refractivity contribution is 0.598. The number of thioether (sulfide) groups is 1. The Morgan fingerprint density at radius 1 is 1.47 bits per heavy atom. The smallest absolute Gasteiger partial charge is 0.240 e. The number of benzene rings is 1. The normalized spacial score (nSPS) is 23.5. The van der Waals surface area contributed by atoms with Gasteiger partial charge in [-0.25, -0.2) is 13.6 Å². The molecule has 0 saturated carbocycles. The maximum absolute atomic E-state index is 11.3. The van der Waals surface area contributed by atoms with Crippen LogP contribution in [0.2, 0.25) is 0 Å². The number of nitrogen functional groups attached to an aromatic ring is 1. The molecule has 1 aromatic carbocycles. The van der Waals surface area contributed by atoms with Gasteiger partial charge in [-0.3, -0.25) is 0 Å². The third-order valence-electron chi connectivity index (χ3n) is 3.28. The van der Waals surface area contributed by atoms with Crippen molar-refractivity contribution in [2.45, 2.75) is 29.4 Å². The number of hydrogen-bond donors (Lipinski definition) is 3. The second-order valence-electron chi connectivity index (χ2n) is 5.05. The summed E-state index contributed by atoms with van der Waals surface area (Å²) in [7, 11) is -3.75. The summed E-state index contributed by atoms with van der Waals surface area (Å²) >= 11 is 1.97. The maximum atomic E-state index is 11.3. The second-order valence-corrected chi connectivity index (χ2v) is 8.27. The number of primary sulfonamides is 1. The van der Waals surface area contributed by atoms with Gasteiger partial charge in [0, 0.05) is 17.0 Å². The van der Waals surface area contributed by atoms with Gasteiger partial charge in [0.15, 0.2) is 0 Å². The molecule has 1 aliphatic heterocycles. The zero-order valence-electron chi connectivity index (χ0n) is 10.8. The van der Waals surface area contributed by atoms with Gasteiger partial charge in [0.25, 0.3) is 0 Å². The lowest BCUT2D eigenvalue weighted by Crippen LogP contribution is -2.27. The first-order valence-electron chi connectivity index (χ1n) is 6.10. The highest BCUT2D eigenvalue weighted by atomic mass is 32.2. The quantitative estimate of drug-likeness (QED) is 0.734. The molecule has 1 heterocycles. The molecule has 1 aliphatic rings. The summed E-state index contributed by atoms with van der Waals surface area (Å²) in [5, 5.41) is 8.38. The highest BCUT2D eigenvalue weighted by Crippen LogP contribution is 2.37. The lowest BCUT2D eigenvalue weighted by atomic mass is 10.1. The van der Waals surface area contributed by atoms with Crippen LogP contribution in [0.1, 0.15) is 19.8 Å². The lowest BCUT2D eigenvalue weighted by Gasteiger charge is -2.23. The van der Waals surface area contributed by atoms with Crippen LogP contribution < -0.4 is 16.2 Å². The first-order chi connectivity index (χ1) is 8.80. The number of nitrogens with two attached hydrogens (primary N) is 2. The van der Waals surface area contributed by atoms with Crippen LogP contribution in [-0.4, -0.2) is 25.5 Å². The fraction of sp³-hybridized carbons (Fsp3) is 0.500. The van der Waals surface area contributed by atoms with E-state index in [1.54, 1.807) is 12.1 Å². The summed E-state index contributed by atoms with van der Waals surface area (Å²) in [6, 6.07) is 4.75. The van der Waals surface area contributed by atoms with Crippen molar-refractivity contribution >= 4 is 33.2 Å². The average Bonchev–Trinajstić information content (AvgIpc) is 2.73. The summed E-state index contributed by atoms with van der Waals surface area (Å²) < 4.78 is 22.8. The Morgan fingerprint density at radius 3 is 2.74 bits per heavy atom. The molecular formula is C12H19N3O2S2. The van der Waals surface area contributed by atoms with E-state index in [1.165, 1.54) is 24.7 Å². The van der Waals surface area contributed by atoms with Gasteiger partial charge in [-0.1, -0.05) is 0 Å². The largest absolute Gasteiger partial charge is 0.398 e. The molecule has 2 rings (SSSR count). The number of anilines is 2. The minimum absolute atomic E-state index is 0.0282. The average molecular weight is 301 g/mol. The topological polar surface area (TPSA) is 98.2 Å². The molecule has 0 aromatic heterocycles. The summed E-state index contributed by atoms with van der Waals surface area (Å²) in [5.41, 5.74) is 6.72. The van der Waals surface area contributed by atoms with E-state index in [9.17, 15) is 8.42 Å². The Hall–Kier alpha value is -0.920. The summed E-state index contributed by atoms with van der Waals surface area (Å²) in [6.45, 7) is 3.07. The number of sulfonamides is 1. The van der Waals surface area contributed by atoms with E-state index in [2.05, 4.69) is 12.2 Å². The molecule has 0 amide bonds. The van der Waals surface area contributed by atoms with Crippen molar-refractivity contribution in [3.63, 3.8) is 0 Å². The molecule has 19 heavy (non-hydrogen) atoms. The van der Waals surface area contributed by atoms with Gasteiger partial charge in [0.2, 0.25) is 10.0 Å². The molecule has 1 saturated heterocycles. The van der Waals surface area contributed by atoms with E-state index in [0.717, 1.165) is 12.2 Å². The molecule has 1 atom stereocenters. The summed E-state index contributed by atoms with van der Waals surface area (Å²) in [6.07, 6.45) is 2.44. The van der Waals surface area contributed by atoms with Gasteiger partial charge in [-0.05, 0) is 43.7 Å². The highest BCUT2D eigenvalue weighted by molar-refractivity contribution is 8.00.